The number of nitrogens with two attached hydrogens (primary N) is 1. The van der Waals surface area contributed by atoms with Crippen molar-refractivity contribution in [1.82, 2.24) is 0 Å². The first-order valence-corrected chi connectivity index (χ1v) is 5.82. The van der Waals surface area contributed by atoms with Gasteiger partial charge >= 0.3 is 0 Å². The molecule has 0 bridgehead atoms. The van der Waals surface area contributed by atoms with E-state index in [0.29, 0.717) is 21.3 Å². The Hall–Kier alpha value is -1.52. The Kier molecular flexibility index (Phi) is 3.12. The summed E-state index contributed by atoms with van der Waals surface area (Å²) >= 11 is 7.17. The molecule has 1 heterocycles. The van der Waals surface area contributed by atoms with Gasteiger partial charge < -0.3 is 11.1 Å². The van der Waals surface area contributed by atoms with E-state index in [-0.39, 0.29) is 5.91 Å². The molecule has 3 N–H and O–H groups in total. The number of benzene rings is 1. The van der Waals surface area contributed by atoms with E-state index in [0.717, 1.165) is 0 Å². The second-order valence-corrected chi connectivity index (χ2v) is 4.50. The summed E-state index contributed by atoms with van der Waals surface area (Å²) in [4.78, 5) is 12.3. The average Bonchev–Trinajstić information content (AvgIpc) is 2.68. The van der Waals surface area contributed by atoms with E-state index in [1.54, 1.807) is 35.7 Å². The third kappa shape index (κ3) is 2.35. The Bertz CT molecular complexity index is 507. The molecule has 0 fully saturated rings. The van der Waals surface area contributed by atoms with E-state index in [1.165, 1.54) is 11.3 Å². The number of nitrogen functional groups attached to an aromatic ring is 1. The minimum atomic E-state index is -0.204. The first kappa shape index (κ1) is 11.0. The molecule has 0 unspecified atom stereocenters. The van der Waals surface area contributed by atoms with E-state index in [2.05, 4.69) is 5.32 Å². The van der Waals surface area contributed by atoms with Gasteiger partial charge in [0.25, 0.3) is 5.91 Å². The molecule has 5 heteroatoms. The molecule has 0 aliphatic rings. The molecule has 3 nitrogen and oxygen atoms in total. The van der Waals surface area contributed by atoms with Gasteiger partial charge in [0.05, 0.1) is 5.02 Å². The first-order valence-electron chi connectivity index (χ1n) is 4.56. The van der Waals surface area contributed by atoms with E-state index in [1.807, 2.05) is 0 Å². The van der Waals surface area contributed by atoms with Gasteiger partial charge in [-0.3, -0.25) is 4.79 Å². The molecule has 0 aliphatic heterocycles. The van der Waals surface area contributed by atoms with Crippen molar-refractivity contribution in [1.29, 1.82) is 0 Å². The van der Waals surface area contributed by atoms with Crippen molar-refractivity contribution in [2.75, 3.05) is 11.1 Å². The number of nitrogens with one attached hydrogen (secondary N) is 1. The van der Waals surface area contributed by atoms with Crippen LogP contribution in [0.2, 0.25) is 5.02 Å². The van der Waals surface area contributed by atoms with Crippen LogP contribution in [0.25, 0.3) is 0 Å². The molecule has 2 rings (SSSR count). The Balaban J connectivity index is 2.14. The van der Waals surface area contributed by atoms with Crippen LogP contribution in [0.4, 0.5) is 11.4 Å². The number of rotatable bonds is 2. The average molecular weight is 253 g/mol. The zero-order valence-corrected chi connectivity index (χ0v) is 9.81. The van der Waals surface area contributed by atoms with Crippen LogP contribution in [-0.4, -0.2) is 5.91 Å². The molecule has 0 saturated carbocycles. The van der Waals surface area contributed by atoms with Crippen LogP contribution in [0.15, 0.2) is 35.7 Å². The summed E-state index contributed by atoms with van der Waals surface area (Å²) in [6.07, 6.45) is 0. The van der Waals surface area contributed by atoms with Crippen LogP contribution in [0, 0.1) is 0 Å². The van der Waals surface area contributed by atoms with Crippen molar-refractivity contribution in [3.05, 3.63) is 45.6 Å². The molecular weight excluding hydrogens is 244 g/mol. The molecule has 1 amide bonds. The molecule has 0 radical (unpaired) electrons. The molecule has 16 heavy (non-hydrogen) atoms. The third-order valence-corrected chi connectivity index (χ3v) is 3.33. The van der Waals surface area contributed by atoms with Crippen molar-refractivity contribution in [3.63, 3.8) is 0 Å². The van der Waals surface area contributed by atoms with E-state index < -0.39 is 0 Å². The number of amides is 1. The molecule has 0 saturated heterocycles. The summed E-state index contributed by atoms with van der Waals surface area (Å²) in [7, 11) is 0. The smallest absolute Gasteiger partial charge is 0.267 e. The number of hydrogen-bond acceptors (Lipinski definition) is 3. The van der Waals surface area contributed by atoms with E-state index in [9.17, 15) is 4.79 Å². The number of carbonyl (C=O) groups excluding carboxylic acids is 1. The third-order valence-electron chi connectivity index (χ3n) is 1.99. The van der Waals surface area contributed by atoms with Gasteiger partial charge in [-0.05, 0) is 35.7 Å². The fourth-order valence-corrected chi connectivity index (χ4v) is 2.25. The minimum Gasteiger partial charge on any atom is -0.399 e. The van der Waals surface area contributed by atoms with Gasteiger partial charge in [0.1, 0.15) is 4.88 Å². The summed E-state index contributed by atoms with van der Waals surface area (Å²) < 4.78 is 0. The molecule has 0 atom stereocenters. The van der Waals surface area contributed by atoms with Crippen molar-refractivity contribution in [2.24, 2.45) is 0 Å². The van der Waals surface area contributed by atoms with Crippen LogP contribution >= 0.6 is 22.9 Å². The Morgan fingerprint density at radius 3 is 2.50 bits per heavy atom. The lowest BCUT2D eigenvalue weighted by atomic mass is 10.3. The van der Waals surface area contributed by atoms with Crippen molar-refractivity contribution in [2.45, 2.75) is 0 Å². The predicted octanol–water partition coefficient (Wildman–Crippen LogP) is 3.24. The summed E-state index contributed by atoms with van der Waals surface area (Å²) in [5, 5.41) is 4.99. The molecule has 0 spiro atoms. The van der Waals surface area contributed by atoms with Gasteiger partial charge in [-0.1, -0.05) is 11.6 Å². The highest BCUT2D eigenvalue weighted by Gasteiger charge is 2.11. The Morgan fingerprint density at radius 1 is 1.25 bits per heavy atom. The predicted molar refractivity (Wildman–Crippen MR) is 68.1 cm³/mol. The van der Waals surface area contributed by atoms with Crippen LogP contribution in [0.3, 0.4) is 0 Å². The highest BCUT2D eigenvalue weighted by atomic mass is 35.5. The summed E-state index contributed by atoms with van der Waals surface area (Å²) in [6, 6.07) is 8.64. The topological polar surface area (TPSA) is 55.1 Å². The highest BCUT2D eigenvalue weighted by Crippen LogP contribution is 2.23. The lowest BCUT2D eigenvalue weighted by molar-refractivity contribution is 0.103. The summed E-state index contributed by atoms with van der Waals surface area (Å²) in [6.45, 7) is 0. The number of thiophene rings is 1. The zero-order valence-electron chi connectivity index (χ0n) is 8.24. The fraction of sp³-hybridized carbons (Fsp3) is 0. The first-order chi connectivity index (χ1) is 7.66. The lowest BCUT2D eigenvalue weighted by Gasteiger charge is -2.04. The number of carbonyl (C=O) groups is 1. The van der Waals surface area contributed by atoms with E-state index in [4.69, 9.17) is 17.3 Å². The minimum absolute atomic E-state index is 0.204. The largest absolute Gasteiger partial charge is 0.399 e. The quantitative estimate of drug-likeness (QED) is 0.807. The lowest BCUT2D eigenvalue weighted by Crippen LogP contribution is -2.10. The SMILES string of the molecule is Nc1ccc(NC(=O)c2sccc2Cl)cc1. The van der Waals surface area contributed by atoms with E-state index >= 15 is 0 Å². The number of hydrogen-bond donors (Lipinski definition) is 2. The van der Waals surface area contributed by atoms with Gasteiger partial charge in [-0.25, -0.2) is 0 Å². The van der Waals surface area contributed by atoms with Crippen LogP contribution in [0.1, 0.15) is 9.67 Å². The Morgan fingerprint density at radius 2 is 1.94 bits per heavy atom. The molecule has 2 aromatic rings. The van der Waals surface area contributed by atoms with Crippen LogP contribution < -0.4 is 11.1 Å². The molecule has 1 aromatic heterocycles. The zero-order chi connectivity index (χ0) is 11.5. The summed E-state index contributed by atoms with van der Waals surface area (Å²) in [5.41, 5.74) is 6.90. The molecule has 0 aliphatic carbocycles. The molecule has 82 valence electrons. The van der Waals surface area contributed by atoms with Crippen LogP contribution in [-0.2, 0) is 0 Å². The standard InChI is InChI=1S/C11H9ClN2OS/c12-9-5-6-16-10(9)11(15)14-8-3-1-7(13)2-4-8/h1-6H,13H2,(H,14,15). The second kappa shape index (κ2) is 4.55. The second-order valence-electron chi connectivity index (χ2n) is 3.17. The van der Waals surface area contributed by atoms with Gasteiger partial charge in [-0.2, -0.15) is 0 Å². The van der Waals surface area contributed by atoms with Gasteiger partial charge in [0.2, 0.25) is 0 Å². The number of halogens is 1. The maximum absolute atomic E-state index is 11.8. The summed E-state index contributed by atoms with van der Waals surface area (Å²) in [5.74, 6) is -0.204. The molecule has 1 aromatic carbocycles. The van der Waals surface area contributed by atoms with Gasteiger partial charge in [0, 0.05) is 11.4 Å². The van der Waals surface area contributed by atoms with Gasteiger partial charge in [-0.15, -0.1) is 11.3 Å². The fourth-order valence-electron chi connectivity index (χ4n) is 1.21. The van der Waals surface area contributed by atoms with Crippen molar-refractivity contribution in [3.8, 4) is 0 Å². The Labute approximate surface area is 102 Å². The maximum atomic E-state index is 11.8. The van der Waals surface area contributed by atoms with Crippen LogP contribution in [0.5, 0.6) is 0 Å². The maximum Gasteiger partial charge on any atom is 0.267 e. The van der Waals surface area contributed by atoms with Crippen molar-refractivity contribution < 1.29 is 4.79 Å². The number of anilines is 2. The normalized spacial score (nSPS) is 10.1. The van der Waals surface area contributed by atoms with Gasteiger partial charge in [0.15, 0.2) is 0 Å². The van der Waals surface area contributed by atoms with Crippen molar-refractivity contribution >= 4 is 40.2 Å². The monoisotopic (exact) mass is 252 g/mol. The highest BCUT2D eigenvalue weighted by molar-refractivity contribution is 7.12. The molecular formula is C11H9ClN2OS.